The standard InChI is InChI=1S/C8H9NO5S/c1-14-7-3-2-4-8(5-7)15(12,13)6-9(10)11/h2-5H,6H2,1H3. The summed E-state index contributed by atoms with van der Waals surface area (Å²) in [6.07, 6.45) is 0. The highest BCUT2D eigenvalue weighted by Gasteiger charge is 2.21. The average Bonchev–Trinajstić information content (AvgIpc) is 2.16. The molecular formula is C8H9NO5S. The van der Waals surface area contributed by atoms with Gasteiger partial charge in [-0.05, 0) is 18.2 Å². The van der Waals surface area contributed by atoms with Crippen molar-refractivity contribution in [1.29, 1.82) is 0 Å². The van der Waals surface area contributed by atoms with Gasteiger partial charge in [0, 0.05) is 4.92 Å². The average molecular weight is 231 g/mol. The van der Waals surface area contributed by atoms with E-state index in [4.69, 9.17) is 4.74 Å². The Morgan fingerprint density at radius 2 is 2.13 bits per heavy atom. The Morgan fingerprint density at radius 1 is 1.47 bits per heavy atom. The predicted molar refractivity (Wildman–Crippen MR) is 52.0 cm³/mol. The minimum absolute atomic E-state index is 0.112. The summed E-state index contributed by atoms with van der Waals surface area (Å²) in [5, 5.41) is 10.1. The SMILES string of the molecule is COc1cccc(S(=O)(=O)C[N+](=O)[O-])c1. The molecule has 0 aliphatic heterocycles. The molecule has 0 aliphatic rings. The molecule has 82 valence electrons. The molecule has 1 rings (SSSR count). The first-order chi connectivity index (χ1) is 6.95. The monoisotopic (exact) mass is 231 g/mol. The molecule has 0 saturated heterocycles. The normalized spacial score (nSPS) is 11.0. The molecule has 0 bridgehead atoms. The summed E-state index contributed by atoms with van der Waals surface area (Å²) in [6.45, 7) is 0. The van der Waals surface area contributed by atoms with Crippen molar-refractivity contribution in [3.05, 3.63) is 34.4 Å². The highest BCUT2D eigenvalue weighted by Crippen LogP contribution is 2.17. The maximum atomic E-state index is 11.4. The molecule has 0 aromatic heterocycles. The highest BCUT2D eigenvalue weighted by molar-refractivity contribution is 7.91. The molecule has 0 N–H and O–H groups in total. The number of hydrogen-bond acceptors (Lipinski definition) is 5. The van der Waals surface area contributed by atoms with Gasteiger partial charge in [0.15, 0.2) is 0 Å². The van der Waals surface area contributed by atoms with Crippen LogP contribution in [0.4, 0.5) is 0 Å². The molecule has 0 amide bonds. The molecule has 1 aromatic carbocycles. The lowest BCUT2D eigenvalue weighted by atomic mass is 10.3. The molecule has 1 aromatic rings. The Morgan fingerprint density at radius 3 is 2.67 bits per heavy atom. The van der Waals surface area contributed by atoms with Crippen LogP contribution < -0.4 is 4.74 Å². The summed E-state index contributed by atoms with van der Waals surface area (Å²) >= 11 is 0. The second kappa shape index (κ2) is 4.26. The molecule has 0 saturated carbocycles. The molecule has 0 radical (unpaired) electrons. The maximum Gasteiger partial charge on any atom is 0.305 e. The fourth-order valence-electron chi connectivity index (χ4n) is 1.01. The number of methoxy groups -OCH3 is 1. The van der Waals surface area contributed by atoms with Gasteiger partial charge in [0.2, 0.25) is 9.84 Å². The van der Waals surface area contributed by atoms with E-state index in [-0.39, 0.29) is 4.90 Å². The van der Waals surface area contributed by atoms with Crippen LogP contribution in [0.15, 0.2) is 29.2 Å². The summed E-state index contributed by atoms with van der Waals surface area (Å²) in [4.78, 5) is 9.15. The van der Waals surface area contributed by atoms with Gasteiger partial charge < -0.3 is 4.74 Å². The summed E-state index contributed by atoms with van der Waals surface area (Å²) in [5.41, 5.74) is 0. The van der Waals surface area contributed by atoms with E-state index in [9.17, 15) is 18.5 Å². The lowest BCUT2D eigenvalue weighted by Crippen LogP contribution is -2.14. The first-order valence-corrected chi connectivity index (χ1v) is 5.59. The van der Waals surface area contributed by atoms with E-state index in [1.54, 1.807) is 6.07 Å². The van der Waals surface area contributed by atoms with Crippen LogP contribution in [0.2, 0.25) is 0 Å². The van der Waals surface area contributed by atoms with E-state index >= 15 is 0 Å². The lowest BCUT2D eigenvalue weighted by molar-refractivity contribution is -0.458. The van der Waals surface area contributed by atoms with Crippen molar-refractivity contribution >= 4 is 9.84 Å². The van der Waals surface area contributed by atoms with Gasteiger partial charge in [-0.25, -0.2) is 8.42 Å². The van der Waals surface area contributed by atoms with E-state index in [1.807, 2.05) is 0 Å². The molecule has 15 heavy (non-hydrogen) atoms. The van der Waals surface area contributed by atoms with Crippen molar-refractivity contribution in [1.82, 2.24) is 0 Å². The molecule has 0 unspecified atom stereocenters. The minimum atomic E-state index is -3.87. The van der Waals surface area contributed by atoms with Crippen LogP contribution in [-0.2, 0) is 9.84 Å². The summed E-state index contributed by atoms with van der Waals surface area (Å²) in [6, 6.07) is 5.57. The van der Waals surface area contributed by atoms with Crippen LogP contribution >= 0.6 is 0 Å². The van der Waals surface area contributed by atoms with Crippen LogP contribution in [0.1, 0.15) is 0 Å². The third-order valence-corrected chi connectivity index (χ3v) is 3.20. The topological polar surface area (TPSA) is 86.5 Å². The summed E-state index contributed by atoms with van der Waals surface area (Å²) < 4.78 is 27.6. The Balaban J connectivity index is 3.10. The Hall–Kier alpha value is -1.63. The van der Waals surface area contributed by atoms with Crippen LogP contribution in [-0.4, -0.2) is 26.3 Å². The second-order valence-electron chi connectivity index (χ2n) is 2.76. The van der Waals surface area contributed by atoms with E-state index in [0.29, 0.717) is 5.75 Å². The van der Waals surface area contributed by atoms with Crippen molar-refractivity contribution in [2.45, 2.75) is 4.90 Å². The van der Waals surface area contributed by atoms with Gasteiger partial charge in [-0.2, -0.15) is 0 Å². The van der Waals surface area contributed by atoms with Crippen molar-refractivity contribution in [2.75, 3.05) is 13.0 Å². The van der Waals surface area contributed by atoms with Gasteiger partial charge in [0.25, 0.3) is 0 Å². The summed E-state index contributed by atoms with van der Waals surface area (Å²) in [5.74, 6) is -0.764. The molecule has 0 aliphatic carbocycles. The van der Waals surface area contributed by atoms with Crippen LogP contribution in [0.3, 0.4) is 0 Å². The highest BCUT2D eigenvalue weighted by atomic mass is 32.2. The van der Waals surface area contributed by atoms with Crippen molar-refractivity contribution in [2.24, 2.45) is 0 Å². The zero-order valence-corrected chi connectivity index (χ0v) is 8.73. The molecule has 6 nitrogen and oxygen atoms in total. The number of sulfone groups is 1. The van der Waals surface area contributed by atoms with Crippen molar-refractivity contribution in [3.8, 4) is 5.75 Å². The molecule has 7 heteroatoms. The number of rotatable bonds is 4. The van der Waals surface area contributed by atoms with Gasteiger partial charge in [0.1, 0.15) is 5.75 Å². The van der Waals surface area contributed by atoms with Crippen molar-refractivity contribution < 1.29 is 18.1 Å². The third kappa shape index (κ3) is 2.91. The Labute approximate surface area is 86.6 Å². The number of hydrogen-bond donors (Lipinski definition) is 0. The minimum Gasteiger partial charge on any atom is -0.497 e. The van der Waals surface area contributed by atoms with E-state index in [1.165, 1.54) is 25.3 Å². The zero-order chi connectivity index (χ0) is 11.5. The molecular weight excluding hydrogens is 222 g/mol. The van der Waals surface area contributed by atoms with Gasteiger partial charge in [-0.1, -0.05) is 6.07 Å². The third-order valence-electron chi connectivity index (χ3n) is 1.68. The van der Waals surface area contributed by atoms with Gasteiger partial charge in [0.05, 0.1) is 12.0 Å². The lowest BCUT2D eigenvalue weighted by Gasteiger charge is -2.02. The fourth-order valence-corrected chi connectivity index (χ4v) is 2.02. The molecule has 0 fully saturated rings. The van der Waals surface area contributed by atoms with Gasteiger partial charge in [-0.3, -0.25) is 10.1 Å². The first-order valence-electron chi connectivity index (χ1n) is 3.94. The van der Waals surface area contributed by atoms with E-state index < -0.39 is 20.6 Å². The van der Waals surface area contributed by atoms with Crippen LogP contribution in [0.5, 0.6) is 5.75 Å². The number of ether oxygens (including phenoxy) is 1. The quantitative estimate of drug-likeness (QED) is 0.562. The Kier molecular flexibility index (Phi) is 3.25. The summed E-state index contributed by atoms with van der Waals surface area (Å²) in [7, 11) is -2.48. The molecule has 0 spiro atoms. The number of nitro groups is 1. The van der Waals surface area contributed by atoms with Gasteiger partial charge >= 0.3 is 5.88 Å². The fraction of sp³-hybridized carbons (Fsp3) is 0.250. The molecule has 0 heterocycles. The van der Waals surface area contributed by atoms with Crippen LogP contribution in [0, 0.1) is 10.1 Å². The smallest absolute Gasteiger partial charge is 0.305 e. The second-order valence-corrected chi connectivity index (χ2v) is 4.71. The first kappa shape index (κ1) is 11.4. The van der Waals surface area contributed by atoms with E-state index in [2.05, 4.69) is 0 Å². The Bertz CT molecular complexity index is 468. The maximum absolute atomic E-state index is 11.4. The largest absolute Gasteiger partial charge is 0.497 e. The van der Waals surface area contributed by atoms with E-state index in [0.717, 1.165) is 0 Å². The molecule has 0 atom stereocenters. The van der Waals surface area contributed by atoms with Gasteiger partial charge in [-0.15, -0.1) is 0 Å². The van der Waals surface area contributed by atoms with Crippen molar-refractivity contribution in [3.63, 3.8) is 0 Å². The number of nitrogens with zero attached hydrogens (tertiary/aromatic N) is 1. The van der Waals surface area contributed by atoms with Crippen LogP contribution in [0.25, 0.3) is 0 Å². The zero-order valence-electron chi connectivity index (χ0n) is 7.91. The number of benzene rings is 1. The predicted octanol–water partition coefficient (Wildman–Crippen LogP) is 0.703.